The van der Waals surface area contributed by atoms with Gasteiger partial charge in [-0.15, -0.1) is 0 Å². The lowest BCUT2D eigenvalue weighted by Gasteiger charge is -2.13. The summed E-state index contributed by atoms with van der Waals surface area (Å²) in [5.74, 6) is -0.302. The highest BCUT2D eigenvalue weighted by Crippen LogP contribution is 2.25. The second kappa shape index (κ2) is 4.38. The van der Waals surface area contributed by atoms with E-state index in [-0.39, 0.29) is 16.6 Å². The van der Waals surface area contributed by atoms with Crippen molar-refractivity contribution < 1.29 is 4.39 Å². The number of hydrogen-bond donors (Lipinski definition) is 0. The molecule has 0 aliphatic heterocycles. The monoisotopic (exact) mass is 265 g/mol. The molecule has 0 aliphatic carbocycles. The van der Waals surface area contributed by atoms with Gasteiger partial charge in [0.1, 0.15) is 5.82 Å². The second-order valence-electron chi connectivity index (χ2n) is 2.99. The molecule has 2 atom stereocenters. The summed E-state index contributed by atoms with van der Waals surface area (Å²) in [7, 11) is 0. The molecule has 1 aromatic heterocycles. The molecule has 2 unspecified atom stereocenters. The van der Waals surface area contributed by atoms with Crippen molar-refractivity contribution in [3.05, 3.63) is 28.8 Å². The van der Waals surface area contributed by atoms with Crippen molar-refractivity contribution in [1.82, 2.24) is 4.98 Å². The summed E-state index contributed by atoms with van der Waals surface area (Å²) >= 11 is 8.98. The predicted octanol–water partition coefficient (Wildman–Crippen LogP) is 3.76. The molecule has 0 fully saturated rings. The fourth-order valence-corrected chi connectivity index (χ4v) is 1.37. The molecule has 0 saturated heterocycles. The molecule has 0 aliphatic rings. The SMILES string of the molecule is CC(Br)C(C)c1ncc(Cl)cc1F. The summed E-state index contributed by atoms with van der Waals surface area (Å²) in [4.78, 5) is 4.15. The second-order valence-corrected chi connectivity index (χ2v) is 4.87. The molecule has 0 saturated carbocycles. The Kier molecular flexibility index (Phi) is 3.68. The lowest BCUT2D eigenvalue weighted by Crippen LogP contribution is -2.08. The fourth-order valence-electron chi connectivity index (χ4n) is 0.978. The summed E-state index contributed by atoms with van der Waals surface area (Å²) < 4.78 is 13.3. The standard InChI is InChI=1S/C9H10BrClFN/c1-5(6(2)10)9-8(12)3-7(11)4-13-9/h3-6H,1-2H3. The number of rotatable bonds is 2. The molecule has 4 heteroatoms. The molecule has 0 N–H and O–H groups in total. The molecule has 1 nitrogen and oxygen atoms in total. The Morgan fingerprint density at radius 1 is 1.54 bits per heavy atom. The van der Waals surface area contributed by atoms with E-state index in [1.807, 2.05) is 13.8 Å². The molecule has 1 heterocycles. The first-order valence-electron chi connectivity index (χ1n) is 3.97. The van der Waals surface area contributed by atoms with Crippen molar-refractivity contribution >= 4 is 27.5 Å². The van der Waals surface area contributed by atoms with Gasteiger partial charge < -0.3 is 0 Å². The molecule has 1 aromatic rings. The van der Waals surface area contributed by atoms with Crippen LogP contribution in [-0.4, -0.2) is 9.81 Å². The van der Waals surface area contributed by atoms with Crippen LogP contribution in [-0.2, 0) is 0 Å². The average molecular weight is 267 g/mol. The Balaban J connectivity index is 3.01. The van der Waals surface area contributed by atoms with Gasteiger partial charge in [-0.2, -0.15) is 0 Å². The van der Waals surface area contributed by atoms with E-state index in [4.69, 9.17) is 11.6 Å². The van der Waals surface area contributed by atoms with Crippen LogP contribution in [0.3, 0.4) is 0 Å². The van der Waals surface area contributed by atoms with Crippen molar-refractivity contribution in [3.63, 3.8) is 0 Å². The minimum Gasteiger partial charge on any atom is -0.256 e. The van der Waals surface area contributed by atoms with Gasteiger partial charge in [0, 0.05) is 16.9 Å². The Hall–Kier alpha value is -0.150. The lowest BCUT2D eigenvalue weighted by molar-refractivity contribution is 0.573. The van der Waals surface area contributed by atoms with Crippen molar-refractivity contribution in [3.8, 4) is 0 Å². The van der Waals surface area contributed by atoms with E-state index < -0.39 is 0 Å². The lowest BCUT2D eigenvalue weighted by atomic mass is 10.0. The number of pyridine rings is 1. The molecule has 13 heavy (non-hydrogen) atoms. The largest absolute Gasteiger partial charge is 0.256 e. The van der Waals surface area contributed by atoms with Gasteiger partial charge in [0.15, 0.2) is 0 Å². The van der Waals surface area contributed by atoms with Crippen LogP contribution in [0.1, 0.15) is 25.5 Å². The van der Waals surface area contributed by atoms with Gasteiger partial charge >= 0.3 is 0 Å². The Morgan fingerprint density at radius 2 is 2.15 bits per heavy atom. The van der Waals surface area contributed by atoms with Gasteiger partial charge in [-0.3, -0.25) is 4.98 Å². The maximum Gasteiger partial charge on any atom is 0.146 e. The summed E-state index contributed by atoms with van der Waals surface area (Å²) in [6.45, 7) is 3.87. The topological polar surface area (TPSA) is 12.9 Å². The minimum absolute atomic E-state index is 0.0391. The van der Waals surface area contributed by atoms with E-state index in [1.165, 1.54) is 12.3 Å². The first-order chi connectivity index (χ1) is 6.02. The smallest absolute Gasteiger partial charge is 0.146 e. The van der Waals surface area contributed by atoms with Crippen molar-refractivity contribution in [2.45, 2.75) is 24.6 Å². The third kappa shape index (κ3) is 2.64. The molecule has 0 amide bonds. The van der Waals surface area contributed by atoms with Crippen LogP contribution in [0.25, 0.3) is 0 Å². The van der Waals surface area contributed by atoms with Crippen molar-refractivity contribution in [1.29, 1.82) is 0 Å². The molecule has 1 rings (SSSR count). The first kappa shape index (κ1) is 10.9. The first-order valence-corrected chi connectivity index (χ1v) is 5.26. The number of aromatic nitrogens is 1. The van der Waals surface area contributed by atoms with Gasteiger partial charge in [-0.1, -0.05) is 41.4 Å². The Morgan fingerprint density at radius 3 is 2.62 bits per heavy atom. The maximum atomic E-state index is 13.3. The van der Waals surface area contributed by atoms with Crippen LogP contribution in [0.2, 0.25) is 5.02 Å². The van der Waals surface area contributed by atoms with Crippen LogP contribution in [0, 0.1) is 5.82 Å². The molecular formula is C9H10BrClFN. The van der Waals surface area contributed by atoms with E-state index >= 15 is 0 Å². The van der Waals surface area contributed by atoms with E-state index in [1.54, 1.807) is 0 Å². The van der Waals surface area contributed by atoms with Crippen LogP contribution in [0.15, 0.2) is 12.3 Å². The summed E-state index contributed by atoms with van der Waals surface area (Å²) in [5, 5.41) is 0.329. The highest BCUT2D eigenvalue weighted by molar-refractivity contribution is 9.09. The van der Waals surface area contributed by atoms with Crippen LogP contribution >= 0.6 is 27.5 Å². The normalized spacial score (nSPS) is 15.5. The zero-order chi connectivity index (χ0) is 10.0. The van der Waals surface area contributed by atoms with Crippen molar-refractivity contribution in [2.24, 2.45) is 0 Å². The molecule has 72 valence electrons. The van der Waals surface area contributed by atoms with E-state index in [0.717, 1.165) is 0 Å². The van der Waals surface area contributed by atoms with E-state index in [9.17, 15) is 4.39 Å². The zero-order valence-corrected chi connectivity index (χ0v) is 9.73. The molecular weight excluding hydrogens is 256 g/mol. The number of alkyl halides is 1. The number of nitrogens with zero attached hydrogens (tertiary/aromatic N) is 1. The van der Waals surface area contributed by atoms with Gasteiger partial charge in [0.25, 0.3) is 0 Å². The highest BCUT2D eigenvalue weighted by Gasteiger charge is 2.17. The minimum atomic E-state index is -0.341. The summed E-state index contributed by atoms with van der Waals surface area (Å²) in [6, 6.07) is 1.29. The van der Waals surface area contributed by atoms with E-state index in [0.29, 0.717) is 10.7 Å². The van der Waals surface area contributed by atoms with Gasteiger partial charge in [0.2, 0.25) is 0 Å². The zero-order valence-electron chi connectivity index (χ0n) is 7.39. The predicted molar refractivity (Wildman–Crippen MR) is 56.0 cm³/mol. The van der Waals surface area contributed by atoms with Crippen LogP contribution in [0.4, 0.5) is 4.39 Å². The molecule has 0 spiro atoms. The fraction of sp³-hybridized carbons (Fsp3) is 0.444. The van der Waals surface area contributed by atoms with Gasteiger partial charge in [-0.25, -0.2) is 4.39 Å². The quantitative estimate of drug-likeness (QED) is 0.743. The molecule has 0 aromatic carbocycles. The third-order valence-corrected chi connectivity index (χ3v) is 2.96. The van der Waals surface area contributed by atoms with Crippen LogP contribution in [0.5, 0.6) is 0 Å². The molecule has 0 radical (unpaired) electrons. The van der Waals surface area contributed by atoms with Gasteiger partial charge in [-0.05, 0) is 6.07 Å². The Bertz CT molecular complexity index is 304. The maximum absolute atomic E-state index is 13.3. The Labute approximate surface area is 90.4 Å². The highest BCUT2D eigenvalue weighted by atomic mass is 79.9. The molecule has 0 bridgehead atoms. The number of hydrogen-bond acceptors (Lipinski definition) is 1. The summed E-state index contributed by atoms with van der Waals surface area (Å²) in [5.41, 5.74) is 0.453. The van der Waals surface area contributed by atoms with Gasteiger partial charge in [0.05, 0.1) is 10.7 Å². The van der Waals surface area contributed by atoms with E-state index in [2.05, 4.69) is 20.9 Å². The van der Waals surface area contributed by atoms with Crippen molar-refractivity contribution in [2.75, 3.05) is 0 Å². The summed E-state index contributed by atoms with van der Waals surface area (Å²) in [6.07, 6.45) is 1.46. The van der Waals surface area contributed by atoms with Crippen LogP contribution < -0.4 is 0 Å². The average Bonchev–Trinajstić information content (AvgIpc) is 2.03. The number of halogens is 3. The third-order valence-electron chi connectivity index (χ3n) is 1.96.